The maximum Gasteiger partial charge on any atom is 0.490 e. The van der Waals surface area contributed by atoms with E-state index in [4.69, 9.17) is 9.90 Å². The molecule has 0 radical (unpaired) electrons. The highest BCUT2D eigenvalue weighted by atomic mass is 19.4. The van der Waals surface area contributed by atoms with Crippen LogP contribution in [0.3, 0.4) is 0 Å². The zero-order valence-corrected chi connectivity index (χ0v) is 11.4. The molecule has 0 spiro atoms. The number of piperazine rings is 1. The number of carbonyl (C=O) groups is 2. The predicted molar refractivity (Wildman–Crippen MR) is 66.5 cm³/mol. The van der Waals surface area contributed by atoms with Gasteiger partial charge < -0.3 is 20.4 Å². The maximum absolute atomic E-state index is 11.6. The molecule has 122 valence electrons. The quantitative estimate of drug-likeness (QED) is 0.650. The highest BCUT2D eigenvalue weighted by Crippen LogP contribution is 2.23. The Labute approximate surface area is 119 Å². The number of aliphatic hydroxyl groups is 1. The van der Waals surface area contributed by atoms with Crippen LogP contribution in [-0.4, -0.2) is 64.9 Å². The lowest BCUT2D eigenvalue weighted by Gasteiger charge is -2.38. The van der Waals surface area contributed by atoms with Gasteiger partial charge in [-0.3, -0.25) is 4.79 Å². The Morgan fingerprint density at radius 2 is 1.76 bits per heavy atom. The number of nitrogens with one attached hydrogen (secondary N) is 1. The maximum atomic E-state index is 11.6. The van der Waals surface area contributed by atoms with Gasteiger partial charge in [-0.05, 0) is 25.7 Å². The van der Waals surface area contributed by atoms with Crippen LogP contribution in [0.4, 0.5) is 13.2 Å². The van der Waals surface area contributed by atoms with Crippen LogP contribution in [-0.2, 0) is 9.59 Å². The number of carboxylic acid groups (broad SMARTS) is 1. The van der Waals surface area contributed by atoms with Crippen molar-refractivity contribution in [1.29, 1.82) is 0 Å². The number of aliphatic hydroxyl groups excluding tert-OH is 1. The van der Waals surface area contributed by atoms with Gasteiger partial charge in [-0.15, -0.1) is 0 Å². The van der Waals surface area contributed by atoms with Crippen molar-refractivity contribution in [2.24, 2.45) is 0 Å². The first kappa shape index (κ1) is 17.7. The molecular weight excluding hydrogens is 293 g/mol. The summed E-state index contributed by atoms with van der Waals surface area (Å²) in [6.07, 6.45) is -1.59. The van der Waals surface area contributed by atoms with E-state index in [1.54, 1.807) is 0 Å². The molecule has 1 amide bonds. The van der Waals surface area contributed by atoms with E-state index in [1.165, 1.54) is 0 Å². The van der Waals surface area contributed by atoms with Gasteiger partial charge in [0.15, 0.2) is 0 Å². The van der Waals surface area contributed by atoms with E-state index in [9.17, 15) is 23.1 Å². The molecule has 0 aromatic heterocycles. The van der Waals surface area contributed by atoms with Gasteiger partial charge in [0.05, 0.1) is 12.6 Å². The van der Waals surface area contributed by atoms with Crippen molar-refractivity contribution in [3.8, 4) is 0 Å². The molecule has 0 atom stereocenters. The van der Waals surface area contributed by atoms with E-state index < -0.39 is 12.1 Å². The highest BCUT2D eigenvalue weighted by molar-refractivity contribution is 5.79. The van der Waals surface area contributed by atoms with Crippen LogP contribution in [0.25, 0.3) is 0 Å². The minimum Gasteiger partial charge on any atom is -0.475 e. The largest absolute Gasteiger partial charge is 0.490 e. The second kappa shape index (κ2) is 7.60. The molecule has 9 heteroatoms. The molecule has 0 aromatic rings. The molecule has 1 heterocycles. The standard InChI is InChI=1S/C10H18N2O2.C2HF3O2/c13-9-3-1-8(2-4-9)12-6-5-11-7-10(12)14;3-2(4,5)1(6)7/h8-9,11,13H,1-7H2;(H,6,7)/t8-,9+;. The number of carboxylic acids is 1. The normalized spacial score (nSPS) is 26.9. The van der Waals surface area contributed by atoms with Crippen LogP contribution in [0, 0.1) is 0 Å². The Morgan fingerprint density at radius 3 is 2.19 bits per heavy atom. The van der Waals surface area contributed by atoms with Gasteiger partial charge >= 0.3 is 12.1 Å². The molecule has 0 unspecified atom stereocenters. The molecule has 6 nitrogen and oxygen atoms in total. The van der Waals surface area contributed by atoms with E-state index in [0.29, 0.717) is 12.6 Å². The average Bonchev–Trinajstić information content (AvgIpc) is 2.40. The van der Waals surface area contributed by atoms with Crippen molar-refractivity contribution >= 4 is 11.9 Å². The van der Waals surface area contributed by atoms with Crippen molar-refractivity contribution in [3.63, 3.8) is 0 Å². The number of amides is 1. The summed E-state index contributed by atoms with van der Waals surface area (Å²) >= 11 is 0. The Kier molecular flexibility index (Phi) is 6.41. The number of aliphatic carboxylic acids is 1. The fourth-order valence-corrected chi connectivity index (χ4v) is 2.38. The molecule has 1 aliphatic carbocycles. The summed E-state index contributed by atoms with van der Waals surface area (Å²) in [6.45, 7) is 2.23. The molecule has 1 aliphatic heterocycles. The monoisotopic (exact) mass is 312 g/mol. The molecule has 2 rings (SSSR count). The second-order valence-electron chi connectivity index (χ2n) is 5.03. The molecule has 1 saturated carbocycles. The lowest BCUT2D eigenvalue weighted by atomic mass is 9.91. The zero-order valence-electron chi connectivity index (χ0n) is 11.4. The van der Waals surface area contributed by atoms with Gasteiger partial charge in [-0.25, -0.2) is 4.79 Å². The third-order valence-corrected chi connectivity index (χ3v) is 3.48. The van der Waals surface area contributed by atoms with E-state index in [1.807, 2.05) is 4.90 Å². The number of halogens is 3. The molecule has 1 saturated heterocycles. The third kappa shape index (κ3) is 5.88. The molecule has 2 aliphatic rings. The highest BCUT2D eigenvalue weighted by Gasteiger charge is 2.38. The Balaban J connectivity index is 0.000000270. The summed E-state index contributed by atoms with van der Waals surface area (Å²) in [5, 5.41) is 19.6. The SMILES string of the molecule is O=C(O)C(F)(F)F.O=C1CNCCN1[C@H]1CC[C@@H](O)CC1. The lowest BCUT2D eigenvalue weighted by molar-refractivity contribution is -0.192. The van der Waals surface area contributed by atoms with E-state index >= 15 is 0 Å². The number of carbonyl (C=O) groups excluding carboxylic acids is 1. The molecule has 2 fully saturated rings. The smallest absolute Gasteiger partial charge is 0.475 e. The summed E-state index contributed by atoms with van der Waals surface area (Å²) in [5.74, 6) is -2.54. The summed E-state index contributed by atoms with van der Waals surface area (Å²) in [6, 6.07) is 0.382. The third-order valence-electron chi connectivity index (χ3n) is 3.48. The van der Waals surface area contributed by atoms with Crippen LogP contribution in [0.5, 0.6) is 0 Å². The van der Waals surface area contributed by atoms with Crippen LogP contribution < -0.4 is 5.32 Å². The first-order chi connectivity index (χ1) is 9.71. The van der Waals surface area contributed by atoms with Crippen molar-refractivity contribution < 1.29 is 33.0 Å². The Bertz CT molecular complexity index is 368. The van der Waals surface area contributed by atoms with Gasteiger partial charge in [-0.1, -0.05) is 0 Å². The minimum atomic E-state index is -5.08. The van der Waals surface area contributed by atoms with Crippen molar-refractivity contribution in [1.82, 2.24) is 10.2 Å². The second-order valence-corrected chi connectivity index (χ2v) is 5.03. The first-order valence-corrected chi connectivity index (χ1v) is 6.70. The minimum absolute atomic E-state index is 0.135. The lowest BCUT2D eigenvalue weighted by Crippen LogP contribution is -2.53. The van der Waals surface area contributed by atoms with E-state index in [-0.39, 0.29) is 12.0 Å². The number of hydrogen-bond donors (Lipinski definition) is 3. The average molecular weight is 312 g/mol. The fourth-order valence-electron chi connectivity index (χ4n) is 2.38. The van der Waals surface area contributed by atoms with E-state index in [0.717, 1.165) is 38.8 Å². The van der Waals surface area contributed by atoms with Gasteiger partial charge in [-0.2, -0.15) is 13.2 Å². The summed E-state index contributed by atoms with van der Waals surface area (Å²) in [7, 11) is 0. The van der Waals surface area contributed by atoms with Crippen LogP contribution in [0.2, 0.25) is 0 Å². The van der Waals surface area contributed by atoms with Crippen molar-refractivity contribution in [3.05, 3.63) is 0 Å². The molecular formula is C12H19F3N2O4. The van der Waals surface area contributed by atoms with E-state index in [2.05, 4.69) is 5.32 Å². The Hall–Kier alpha value is -1.35. The molecule has 0 aromatic carbocycles. The first-order valence-electron chi connectivity index (χ1n) is 6.70. The zero-order chi connectivity index (χ0) is 16.0. The predicted octanol–water partition coefficient (Wildman–Crippen LogP) is 0.355. The molecule has 3 N–H and O–H groups in total. The summed E-state index contributed by atoms with van der Waals surface area (Å²) in [5.41, 5.74) is 0. The number of nitrogens with zero attached hydrogens (tertiary/aromatic N) is 1. The van der Waals surface area contributed by atoms with Gasteiger partial charge in [0.2, 0.25) is 5.91 Å². The number of alkyl halides is 3. The summed E-state index contributed by atoms with van der Waals surface area (Å²) < 4.78 is 31.7. The molecule has 0 bridgehead atoms. The van der Waals surface area contributed by atoms with Gasteiger partial charge in [0.1, 0.15) is 0 Å². The van der Waals surface area contributed by atoms with Crippen molar-refractivity contribution in [2.75, 3.05) is 19.6 Å². The fraction of sp³-hybridized carbons (Fsp3) is 0.833. The van der Waals surface area contributed by atoms with Gasteiger partial charge in [0, 0.05) is 19.1 Å². The number of hydrogen-bond acceptors (Lipinski definition) is 4. The Morgan fingerprint density at radius 1 is 1.24 bits per heavy atom. The van der Waals surface area contributed by atoms with Crippen LogP contribution in [0.15, 0.2) is 0 Å². The topological polar surface area (TPSA) is 89.9 Å². The number of rotatable bonds is 1. The van der Waals surface area contributed by atoms with Gasteiger partial charge in [0.25, 0.3) is 0 Å². The van der Waals surface area contributed by atoms with Crippen LogP contribution >= 0.6 is 0 Å². The molecule has 21 heavy (non-hydrogen) atoms. The van der Waals surface area contributed by atoms with Crippen LogP contribution in [0.1, 0.15) is 25.7 Å². The van der Waals surface area contributed by atoms with Crippen molar-refractivity contribution in [2.45, 2.75) is 44.0 Å². The summed E-state index contributed by atoms with van der Waals surface area (Å²) in [4.78, 5) is 22.5.